The maximum absolute atomic E-state index is 12.4. The number of nitrogens with zero attached hydrogens (tertiary/aromatic N) is 2. The van der Waals surface area contributed by atoms with Crippen LogP contribution in [0.15, 0.2) is 54.9 Å². The molecule has 0 spiro atoms. The van der Waals surface area contributed by atoms with Crippen LogP contribution in [0.25, 0.3) is 0 Å². The molecule has 0 saturated carbocycles. The molecule has 0 aliphatic heterocycles. The Kier molecular flexibility index (Phi) is 5.34. The number of amides is 1. The number of aromatic nitrogens is 2. The number of nitrogens with one attached hydrogen (secondary N) is 2. The van der Waals surface area contributed by atoms with Crippen molar-refractivity contribution >= 4 is 34.7 Å². The van der Waals surface area contributed by atoms with E-state index in [9.17, 15) is 4.79 Å². The number of halogens is 1. The van der Waals surface area contributed by atoms with Gasteiger partial charge in [0.1, 0.15) is 23.6 Å². The maximum Gasteiger partial charge on any atom is 0.274 e. The maximum atomic E-state index is 12.4. The van der Waals surface area contributed by atoms with E-state index in [1.165, 1.54) is 13.4 Å². The first-order chi connectivity index (χ1) is 12.5. The second-order valence-electron chi connectivity index (χ2n) is 5.58. The first-order valence-electron chi connectivity index (χ1n) is 7.86. The zero-order valence-electron chi connectivity index (χ0n) is 14.3. The number of rotatable bonds is 5. The summed E-state index contributed by atoms with van der Waals surface area (Å²) in [6.07, 6.45) is 1.34. The van der Waals surface area contributed by atoms with Crippen LogP contribution in [0.3, 0.4) is 0 Å². The highest BCUT2D eigenvalue weighted by atomic mass is 35.5. The van der Waals surface area contributed by atoms with Gasteiger partial charge in [0.2, 0.25) is 0 Å². The van der Waals surface area contributed by atoms with Gasteiger partial charge >= 0.3 is 0 Å². The summed E-state index contributed by atoms with van der Waals surface area (Å²) in [4.78, 5) is 20.6. The zero-order valence-corrected chi connectivity index (χ0v) is 15.0. The van der Waals surface area contributed by atoms with Gasteiger partial charge in [-0.25, -0.2) is 9.97 Å². The molecule has 1 aromatic heterocycles. The van der Waals surface area contributed by atoms with E-state index in [4.69, 9.17) is 16.3 Å². The van der Waals surface area contributed by atoms with Crippen LogP contribution in [0, 0.1) is 6.92 Å². The lowest BCUT2D eigenvalue weighted by Crippen LogP contribution is -2.14. The van der Waals surface area contributed by atoms with Crippen LogP contribution in [0.5, 0.6) is 5.75 Å². The lowest BCUT2D eigenvalue weighted by molar-refractivity contribution is 0.102. The number of benzene rings is 2. The highest BCUT2D eigenvalue weighted by Gasteiger charge is 2.11. The summed E-state index contributed by atoms with van der Waals surface area (Å²) in [6.45, 7) is 2.02. The summed E-state index contributed by atoms with van der Waals surface area (Å²) < 4.78 is 5.10. The molecule has 2 aromatic carbocycles. The van der Waals surface area contributed by atoms with Crippen LogP contribution < -0.4 is 15.4 Å². The average Bonchev–Trinajstić information content (AvgIpc) is 2.64. The summed E-state index contributed by atoms with van der Waals surface area (Å²) in [5.74, 6) is 0.707. The van der Waals surface area contributed by atoms with Gasteiger partial charge in [0, 0.05) is 17.4 Å². The number of carbonyl (C=O) groups is 1. The normalized spacial score (nSPS) is 10.3. The van der Waals surface area contributed by atoms with E-state index in [1.54, 1.807) is 24.3 Å². The second-order valence-corrected chi connectivity index (χ2v) is 5.99. The van der Waals surface area contributed by atoms with Gasteiger partial charge in [-0.15, -0.1) is 0 Å². The Labute approximate surface area is 156 Å². The van der Waals surface area contributed by atoms with Gasteiger partial charge in [0.25, 0.3) is 5.91 Å². The molecule has 132 valence electrons. The summed E-state index contributed by atoms with van der Waals surface area (Å²) in [5.41, 5.74) is 2.83. The van der Waals surface area contributed by atoms with Gasteiger partial charge in [-0.3, -0.25) is 4.79 Å². The molecule has 0 fully saturated rings. The van der Waals surface area contributed by atoms with E-state index >= 15 is 0 Å². The molecule has 1 heterocycles. The number of hydrogen-bond acceptors (Lipinski definition) is 5. The van der Waals surface area contributed by atoms with Crippen molar-refractivity contribution in [2.24, 2.45) is 0 Å². The molecule has 0 atom stereocenters. The number of anilines is 3. The first-order valence-corrected chi connectivity index (χ1v) is 8.23. The summed E-state index contributed by atoms with van der Waals surface area (Å²) >= 11 is 6.07. The monoisotopic (exact) mass is 368 g/mol. The average molecular weight is 369 g/mol. The minimum Gasteiger partial charge on any atom is -0.495 e. The molecular weight excluding hydrogens is 352 g/mol. The molecule has 7 heteroatoms. The van der Waals surface area contributed by atoms with Crippen LogP contribution >= 0.6 is 11.6 Å². The fourth-order valence-electron chi connectivity index (χ4n) is 2.27. The highest BCUT2D eigenvalue weighted by molar-refractivity contribution is 6.32. The molecule has 0 saturated heterocycles. The molecule has 2 N–H and O–H groups in total. The van der Waals surface area contributed by atoms with Crippen molar-refractivity contribution in [1.29, 1.82) is 0 Å². The van der Waals surface area contributed by atoms with Crippen LogP contribution in [-0.4, -0.2) is 23.0 Å². The van der Waals surface area contributed by atoms with Crippen LogP contribution in [-0.2, 0) is 0 Å². The topological polar surface area (TPSA) is 76.1 Å². The molecule has 3 aromatic rings. The third kappa shape index (κ3) is 4.29. The van der Waals surface area contributed by atoms with Gasteiger partial charge in [-0.2, -0.15) is 0 Å². The Morgan fingerprint density at radius 2 is 1.77 bits per heavy atom. The Morgan fingerprint density at radius 3 is 2.46 bits per heavy atom. The molecule has 26 heavy (non-hydrogen) atoms. The van der Waals surface area contributed by atoms with Crippen LogP contribution in [0.1, 0.15) is 16.1 Å². The number of carbonyl (C=O) groups excluding carboxylic acids is 1. The zero-order chi connectivity index (χ0) is 18.5. The van der Waals surface area contributed by atoms with Crippen molar-refractivity contribution in [1.82, 2.24) is 9.97 Å². The summed E-state index contributed by atoms with van der Waals surface area (Å²) in [6, 6.07) is 14.4. The van der Waals surface area contributed by atoms with E-state index in [-0.39, 0.29) is 11.6 Å². The van der Waals surface area contributed by atoms with Gasteiger partial charge in [0.15, 0.2) is 0 Å². The van der Waals surface area contributed by atoms with Crippen molar-refractivity contribution in [3.8, 4) is 5.75 Å². The SMILES string of the molecule is COc1ccc(NC(=O)c2cc(Nc3ccc(C)cc3)ncn2)cc1Cl. The molecule has 0 bridgehead atoms. The minimum atomic E-state index is -0.361. The molecule has 0 aliphatic rings. The highest BCUT2D eigenvalue weighted by Crippen LogP contribution is 2.27. The largest absolute Gasteiger partial charge is 0.495 e. The van der Waals surface area contributed by atoms with Gasteiger partial charge in [-0.1, -0.05) is 29.3 Å². The standard InChI is InChI=1S/C19H17ClN4O2/c1-12-3-5-13(6-4-12)23-18-10-16(21-11-22-18)19(25)24-14-7-8-17(26-2)15(20)9-14/h3-11H,1-2H3,(H,24,25)(H,21,22,23). The van der Waals surface area contributed by atoms with Crippen LogP contribution in [0.4, 0.5) is 17.2 Å². The van der Waals surface area contributed by atoms with Gasteiger partial charge in [-0.05, 0) is 37.3 Å². The first kappa shape index (κ1) is 17.7. The number of hydrogen-bond donors (Lipinski definition) is 2. The summed E-state index contributed by atoms with van der Waals surface area (Å²) in [5, 5.41) is 6.31. The number of methoxy groups -OCH3 is 1. The minimum absolute atomic E-state index is 0.238. The Bertz CT molecular complexity index is 929. The Balaban J connectivity index is 1.73. The predicted octanol–water partition coefficient (Wildman–Crippen LogP) is 4.44. The fourth-order valence-corrected chi connectivity index (χ4v) is 2.53. The van der Waals surface area contributed by atoms with Crippen molar-refractivity contribution < 1.29 is 9.53 Å². The Morgan fingerprint density at radius 1 is 1.04 bits per heavy atom. The molecule has 0 radical (unpaired) electrons. The Hall–Kier alpha value is -3.12. The van der Waals surface area contributed by atoms with Crippen molar-refractivity contribution in [2.45, 2.75) is 6.92 Å². The third-order valence-electron chi connectivity index (χ3n) is 3.63. The summed E-state index contributed by atoms with van der Waals surface area (Å²) in [7, 11) is 1.53. The fraction of sp³-hybridized carbons (Fsp3) is 0.105. The third-order valence-corrected chi connectivity index (χ3v) is 3.93. The molecular formula is C19H17ClN4O2. The van der Waals surface area contributed by atoms with Gasteiger partial charge < -0.3 is 15.4 Å². The lowest BCUT2D eigenvalue weighted by Gasteiger charge is -2.09. The van der Waals surface area contributed by atoms with Crippen molar-refractivity contribution in [3.05, 3.63) is 71.1 Å². The van der Waals surface area contributed by atoms with E-state index < -0.39 is 0 Å². The van der Waals surface area contributed by atoms with E-state index in [0.29, 0.717) is 22.3 Å². The van der Waals surface area contributed by atoms with Gasteiger partial charge in [0.05, 0.1) is 12.1 Å². The van der Waals surface area contributed by atoms with Crippen LogP contribution in [0.2, 0.25) is 5.02 Å². The molecule has 6 nitrogen and oxygen atoms in total. The molecule has 1 amide bonds. The predicted molar refractivity (Wildman–Crippen MR) is 102 cm³/mol. The lowest BCUT2D eigenvalue weighted by atomic mass is 10.2. The van der Waals surface area contributed by atoms with E-state index in [1.807, 2.05) is 31.2 Å². The van der Waals surface area contributed by atoms with Crippen molar-refractivity contribution in [3.63, 3.8) is 0 Å². The number of aryl methyl sites for hydroxylation is 1. The molecule has 0 unspecified atom stereocenters. The quantitative estimate of drug-likeness (QED) is 0.696. The molecule has 3 rings (SSSR count). The van der Waals surface area contributed by atoms with Crippen molar-refractivity contribution in [2.75, 3.05) is 17.7 Å². The van der Waals surface area contributed by atoms with E-state index in [2.05, 4.69) is 20.6 Å². The second kappa shape index (κ2) is 7.84. The van der Waals surface area contributed by atoms with E-state index in [0.717, 1.165) is 11.3 Å². The smallest absolute Gasteiger partial charge is 0.274 e. The molecule has 0 aliphatic carbocycles. The number of ether oxygens (including phenoxy) is 1.